The molecule has 0 spiro atoms. The van der Waals surface area contributed by atoms with E-state index in [1.165, 1.54) is 12.3 Å². The second-order valence-corrected chi connectivity index (χ2v) is 3.91. The molecule has 0 amide bonds. The second-order valence-electron chi connectivity index (χ2n) is 3.50. The summed E-state index contributed by atoms with van der Waals surface area (Å²) in [6.45, 7) is 1.41. The third kappa shape index (κ3) is 1.88. The van der Waals surface area contributed by atoms with E-state index in [1.807, 2.05) is 4.90 Å². The van der Waals surface area contributed by atoms with Gasteiger partial charge in [-0.1, -0.05) is 11.6 Å². The normalized spacial score (nSPS) is 16.3. The van der Waals surface area contributed by atoms with Gasteiger partial charge >= 0.3 is 5.97 Å². The molecule has 1 fully saturated rings. The summed E-state index contributed by atoms with van der Waals surface area (Å²) in [6, 6.07) is 1.55. The van der Waals surface area contributed by atoms with Crippen molar-refractivity contribution in [3.63, 3.8) is 0 Å². The lowest BCUT2D eigenvalue weighted by Gasteiger charge is -2.38. The summed E-state index contributed by atoms with van der Waals surface area (Å²) in [6.07, 6.45) is 1.30. The number of halogens is 1. The number of carboxylic acids is 1. The molecule has 0 radical (unpaired) electrons. The number of aromatic carboxylic acids is 1. The summed E-state index contributed by atoms with van der Waals surface area (Å²) in [5.41, 5.74) is 5.72. The topological polar surface area (TPSA) is 79.5 Å². The zero-order chi connectivity index (χ0) is 11.0. The van der Waals surface area contributed by atoms with Crippen LogP contribution in [0.5, 0.6) is 0 Å². The van der Waals surface area contributed by atoms with Gasteiger partial charge in [0.15, 0.2) is 0 Å². The van der Waals surface area contributed by atoms with Crippen LogP contribution in [0, 0.1) is 0 Å². The van der Waals surface area contributed by atoms with Crippen molar-refractivity contribution >= 4 is 23.4 Å². The van der Waals surface area contributed by atoms with Crippen LogP contribution in [0.3, 0.4) is 0 Å². The summed E-state index contributed by atoms with van der Waals surface area (Å²) >= 11 is 5.92. The molecule has 15 heavy (non-hydrogen) atoms. The van der Waals surface area contributed by atoms with Gasteiger partial charge in [-0.25, -0.2) is 9.78 Å². The van der Waals surface area contributed by atoms with Crippen molar-refractivity contribution in [1.82, 2.24) is 4.98 Å². The van der Waals surface area contributed by atoms with Gasteiger partial charge in [-0.05, 0) is 6.07 Å². The number of hydrogen-bond donors (Lipinski definition) is 2. The molecule has 0 saturated carbocycles. The van der Waals surface area contributed by atoms with Gasteiger partial charge in [-0.3, -0.25) is 0 Å². The van der Waals surface area contributed by atoms with Gasteiger partial charge in [-0.15, -0.1) is 0 Å². The molecule has 1 aromatic heterocycles. The van der Waals surface area contributed by atoms with Crippen molar-refractivity contribution < 1.29 is 9.90 Å². The molecule has 0 aromatic carbocycles. The summed E-state index contributed by atoms with van der Waals surface area (Å²) < 4.78 is 0. The Labute approximate surface area is 91.5 Å². The van der Waals surface area contributed by atoms with Gasteiger partial charge in [0.2, 0.25) is 0 Å². The predicted octanol–water partition coefficient (Wildman–Crippen LogP) is 0.580. The van der Waals surface area contributed by atoms with Crippen LogP contribution < -0.4 is 10.6 Å². The largest absolute Gasteiger partial charge is 0.478 e. The van der Waals surface area contributed by atoms with Crippen molar-refractivity contribution in [3.05, 3.63) is 22.8 Å². The number of nitrogens with zero attached hydrogens (tertiary/aromatic N) is 2. The van der Waals surface area contributed by atoms with Crippen molar-refractivity contribution in [2.24, 2.45) is 5.73 Å². The van der Waals surface area contributed by atoms with Crippen molar-refractivity contribution in [2.75, 3.05) is 18.0 Å². The summed E-state index contributed by atoms with van der Waals surface area (Å²) in [5, 5.41) is 9.07. The molecule has 5 nitrogen and oxygen atoms in total. The van der Waals surface area contributed by atoms with E-state index in [4.69, 9.17) is 22.4 Å². The minimum Gasteiger partial charge on any atom is -0.478 e. The van der Waals surface area contributed by atoms with Crippen LogP contribution in [-0.2, 0) is 0 Å². The Morgan fingerprint density at radius 1 is 1.67 bits per heavy atom. The molecule has 3 N–H and O–H groups in total. The zero-order valence-electron chi connectivity index (χ0n) is 7.85. The summed E-state index contributed by atoms with van der Waals surface area (Å²) in [4.78, 5) is 16.6. The van der Waals surface area contributed by atoms with Crippen LogP contribution in [0.25, 0.3) is 0 Å². The lowest BCUT2D eigenvalue weighted by atomic mass is 10.1. The lowest BCUT2D eigenvalue weighted by molar-refractivity contribution is 0.0696. The number of nitrogens with two attached hydrogens (primary N) is 1. The highest BCUT2D eigenvalue weighted by Crippen LogP contribution is 2.27. The van der Waals surface area contributed by atoms with Crippen LogP contribution >= 0.6 is 11.6 Å². The van der Waals surface area contributed by atoms with E-state index < -0.39 is 5.97 Å². The average molecular weight is 228 g/mol. The molecule has 0 atom stereocenters. The Kier molecular flexibility index (Phi) is 2.50. The lowest BCUT2D eigenvalue weighted by Crippen LogP contribution is -2.56. The van der Waals surface area contributed by atoms with E-state index in [-0.39, 0.29) is 11.6 Å². The fourth-order valence-electron chi connectivity index (χ4n) is 1.47. The Morgan fingerprint density at radius 2 is 2.33 bits per heavy atom. The van der Waals surface area contributed by atoms with Gasteiger partial charge < -0.3 is 15.7 Å². The van der Waals surface area contributed by atoms with Crippen LogP contribution in [0.2, 0.25) is 5.02 Å². The minimum atomic E-state index is -1.03. The quantitative estimate of drug-likeness (QED) is 0.773. The molecule has 2 heterocycles. The summed E-state index contributed by atoms with van der Waals surface area (Å²) in [7, 11) is 0. The van der Waals surface area contributed by atoms with Crippen molar-refractivity contribution in [2.45, 2.75) is 6.04 Å². The molecule has 2 rings (SSSR count). The van der Waals surface area contributed by atoms with Crippen molar-refractivity contribution in [1.29, 1.82) is 0 Å². The number of rotatable bonds is 2. The van der Waals surface area contributed by atoms with Gasteiger partial charge in [0, 0.05) is 25.3 Å². The molecule has 6 heteroatoms. The smallest absolute Gasteiger partial charge is 0.337 e. The molecule has 0 unspecified atom stereocenters. The van der Waals surface area contributed by atoms with Crippen LogP contribution in [0.1, 0.15) is 10.4 Å². The Bertz CT molecular complexity index is 404. The number of carboxylic acid groups (broad SMARTS) is 1. The fourth-order valence-corrected chi connectivity index (χ4v) is 1.75. The van der Waals surface area contributed by atoms with E-state index in [0.29, 0.717) is 23.9 Å². The number of pyridine rings is 1. The Hall–Kier alpha value is -1.33. The van der Waals surface area contributed by atoms with E-state index in [1.54, 1.807) is 0 Å². The highest BCUT2D eigenvalue weighted by Gasteiger charge is 2.26. The van der Waals surface area contributed by atoms with E-state index in [0.717, 1.165) is 0 Å². The van der Waals surface area contributed by atoms with Crippen LogP contribution in [0.15, 0.2) is 12.3 Å². The molecular formula is C9H10ClN3O2. The second kappa shape index (κ2) is 3.67. The monoisotopic (exact) mass is 227 g/mol. The predicted molar refractivity (Wildman–Crippen MR) is 56.4 cm³/mol. The van der Waals surface area contributed by atoms with Crippen LogP contribution in [0.4, 0.5) is 5.82 Å². The third-order valence-electron chi connectivity index (χ3n) is 2.28. The van der Waals surface area contributed by atoms with Gasteiger partial charge in [-0.2, -0.15) is 0 Å². The van der Waals surface area contributed by atoms with E-state index in [2.05, 4.69) is 4.98 Å². The standard InChI is InChI=1S/C9H10ClN3O2/c10-7-1-5(9(14)15)2-12-8(7)13-3-6(11)4-13/h1-2,6H,3-4,11H2,(H,14,15). The first-order valence-corrected chi connectivity index (χ1v) is 4.85. The fraction of sp³-hybridized carbons (Fsp3) is 0.333. The Morgan fingerprint density at radius 3 is 2.80 bits per heavy atom. The van der Waals surface area contributed by atoms with Crippen molar-refractivity contribution in [3.8, 4) is 0 Å². The molecule has 1 aliphatic rings. The van der Waals surface area contributed by atoms with E-state index in [9.17, 15) is 4.79 Å². The minimum absolute atomic E-state index is 0.0913. The maximum Gasteiger partial charge on any atom is 0.337 e. The van der Waals surface area contributed by atoms with E-state index >= 15 is 0 Å². The first-order chi connectivity index (χ1) is 7.08. The summed E-state index contributed by atoms with van der Waals surface area (Å²) in [5.74, 6) is -0.431. The number of hydrogen-bond acceptors (Lipinski definition) is 4. The highest BCUT2D eigenvalue weighted by molar-refractivity contribution is 6.33. The van der Waals surface area contributed by atoms with Gasteiger partial charge in [0.05, 0.1) is 10.6 Å². The first kappa shape index (κ1) is 10.2. The molecule has 0 aliphatic carbocycles. The van der Waals surface area contributed by atoms with Gasteiger partial charge in [0.1, 0.15) is 5.82 Å². The molecular weight excluding hydrogens is 218 g/mol. The first-order valence-electron chi connectivity index (χ1n) is 4.47. The zero-order valence-corrected chi connectivity index (χ0v) is 8.61. The molecule has 80 valence electrons. The number of aromatic nitrogens is 1. The molecule has 0 bridgehead atoms. The third-order valence-corrected chi connectivity index (χ3v) is 2.56. The molecule has 1 saturated heterocycles. The average Bonchev–Trinajstić information content (AvgIpc) is 2.13. The Balaban J connectivity index is 2.23. The van der Waals surface area contributed by atoms with Gasteiger partial charge in [0.25, 0.3) is 0 Å². The number of anilines is 1. The maximum absolute atomic E-state index is 10.6. The molecule has 1 aromatic rings. The molecule has 1 aliphatic heterocycles. The van der Waals surface area contributed by atoms with Crippen LogP contribution in [-0.4, -0.2) is 35.2 Å². The highest BCUT2D eigenvalue weighted by atomic mass is 35.5. The SMILES string of the molecule is NC1CN(c2ncc(C(=O)O)cc2Cl)C1. The maximum atomic E-state index is 10.6. The number of carbonyl (C=O) groups is 1.